The first-order valence-corrected chi connectivity index (χ1v) is 7.00. The van der Waals surface area contributed by atoms with Gasteiger partial charge in [0.15, 0.2) is 0 Å². The van der Waals surface area contributed by atoms with Crippen LogP contribution in [0.1, 0.15) is 26.3 Å². The minimum absolute atomic E-state index is 0.0743. The lowest BCUT2D eigenvalue weighted by Crippen LogP contribution is -2.42. The number of thiophene rings is 1. The topological polar surface area (TPSA) is 55.1 Å². The molecule has 0 saturated carbocycles. The minimum atomic E-state index is -0.0834. The summed E-state index contributed by atoms with van der Waals surface area (Å²) in [5.74, 6) is 0.276. The molecule has 2 unspecified atom stereocenters. The SMILES string of the molecule is CC(Cc1ccsc1)NC(=O)C(CN)C(C)C. The van der Waals surface area contributed by atoms with Crippen molar-refractivity contribution in [3.05, 3.63) is 22.4 Å². The number of amides is 1. The lowest BCUT2D eigenvalue weighted by Gasteiger charge is -2.21. The zero-order chi connectivity index (χ0) is 12.8. The summed E-state index contributed by atoms with van der Waals surface area (Å²) in [6.45, 7) is 6.50. The number of hydrogen-bond acceptors (Lipinski definition) is 3. The number of nitrogens with one attached hydrogen (secondary N) is 1. The molecule has 4 heteroatoms. The van der Waals surface area contributed by atoms with E-state index in [2.05, 4.69) is 22.1 Å². The number of hydrogen-bond donors (Lipinski definition) is 2. The predicted molar refractivity (Wildman–Crippen MR) is 73.0 cm³/mol. The van der Waals surface area contributed by atoms with Crippen molar-refractivity contribution in [1.82, 2.24) is 5.32 Å². The third kappa shape index (κ3) is 4.48. The van der Waals surface area contributed by atoms with E-state index < -0.39 is 0 Å². The summed E-state index contributed by atoms with van der Waals surface area (Å²) in [6, 6.07) is 2.25. The summed E-state index contributed by atoms with van der Waals surface area (Å²) in [7, 11) is 0. The Morgan fingerprint density at radius 3 is 2.65 bits per heavy atom. The van der Waals surface area contributed by atoms with Crippen molar-refractivity contribution < 1.29 is 4.79 Å². The number of carbonyl (C=O) groups excluding carboxylic acids is 1. The van der Waals surface area contributed by atoms with Crippen molar-refractivity contribution >= 4 is 17.2 Å². The Balaban J connectivity index is 2.45. The molecule has 0 radical (unpaired) electrons. The molecule has 1 aromatic rings. The molecule has 3 N–H and O–H groups in total. The molecule has 0 fully saturated rings. The Hall–Kier alpha value is -0.870. The zero-order valence-electron chi connectivity index (χ0n) is 10.8. The molecule has 2 atom stereocenters. The minimum Gasteiger partial charge on any atom is -0.353 e. The van der Waals surface area contributed by atoms with Gasteiger partial charge in [0.2, 0.25) is 5.91 Å². The van der Waals surface area contributed by atoms with Gasteiger partial charge in [0.1, 0.15) is 0 Å². The van der Waals surface area contributed by atoms with Crippen molar-refractivity contribution in [3.63, 3.8) is 0 Å². The Morgan fingerprint density at radius 2 is 2.18 bits per heavy atom. The fourth-order valence-corrected chi connectivity index (χ4v) is 2.53. The maximum Gasteiger partial charge on any atom is 0.224 e. The van der Waals surface area contributed by atoms with Crippen LogP contribution in [0.25, 0.3) is 0 Å². The average molecular weight is 254 g/mol. The van der Waals surface area contributed by atoms with Gasteiger partial charge in [-0.3, -0.25) is 4.79 Å². The van der Waals surface area contributed by atoms with E-state index in [1.54, 1.807) is 11.3 Å². The highest BCUT2D eigenvalue weighted by Crippen LogP contribution is 2.11. The van der Waals surface area contributed by atoms with Crippen LogP contribution in [0, 0.1) is 11.8 Å². The van der Waals surface area contributed by atoms with Crippen LogP contribution in [-0.2, 0) is 11.2 Å². The molecular formula is C13H22N2OS. The number of rotatable bonds is 6. The van der Waals surface area contributed by atoms with Gasteiger partial charge in [0.25, 0.3) is 0 Å². The van der Waals surface area contributed by atoms with Crippen LogP contribution in [-0.4, -0.2) is 18.5 Å². The van der Waals surface area contributed by atoms with Gasteiger partial charge >= 0.3 is 0 Å². The molecule has 0 aliphatic rings. The molecule has 0 aromatic carbocycles. The molecule has 0 spiro atoms. The number of nitrogens with two attached hydrogens (primary N) is 1. The summed E-state index contributed by atoms with van der Waals surface area (Å²) >= 11 is 1.68. The maximum atomic E-state index is 12.0. The molecule has 96 valence electrons. The van der Waals surface area contributed by atoms with Crippen LogP contribution in [0.3, 0.4) is 0 Å². The van der Waals surface area contributed by atoms with Crippen molar-refractivity contribution in [2.75, 3.05) is 6.54 Å². The Bertz CT molecular complexity index is 335. The van der Waals surface area contributed by atoms with Gasteiger partial charge in [0, 0.05) is 12.6 Å². The monoisotopic (exact) mass is 254 g/mol. The van der Waals surface area contributed by atoms with E-state index >= 15 is 0 Å². The van der Waals surface area contributed by atoms with Crippen LogP contribution >= 0.6 is 11.3 Å². The van der Waals surface area contributed by atoms with Crippen LogP contribution in [0.4, 0.5) is 0 Å². The summed E-state index contributed by atoms with van der Waals surface area (Å²) in [6.07, 6.45) is 0.880. The molecule has 1 amide bonds. The molecule has 1 rings (SSSR count). The smallest absolute Gasteiger partial charge is 0.224 e. The van der Waals surface area contributed by atoms with Crippen molar-refractivity contribution in [2.45, 2.75) is 33.2 Å². The van der Waals surface area contributed by atoms with Gasteiger partial charge in [-0.25, -0.2) is 0 Å². The van der Waals surface area contributed by atoms with Crippen LogP contribution in [0.15, 0.2) is 16.8 Å². The first-order valence-electron chi connectivity index (χ1n) is 6.06. The van der Waals surface area contributed by atoms with E-state index in [1.807, 2.05) is 20.8 Å². The highest BCUT2D eigenvalue weighted by molar-refractivity contribution is 7.07. The van der Waals surface area contributed by atoms with Crippen molar-refractivity contribution in [2.24, 2.45) is 17.6 Å². The van der Waals surface area contributed by atoms with E-state index in [4.69, 9.17) is 5.73 Å². The Labute approximate surface area is 107 Å². The Morgan fingerprint density at radius 1 is 1.47 bits per heavy atom. The maximum absolute atomic E-state index is 12.0. The van der Waals surface area contributed by atoms with E-state index in [1.165, 1.54) is 5.56 Å². The molecular weight excluding hydrogens is 232 g/mol. The summed E-state index contributed by atoms with van der Waals surface area (Å²) < 4.78 is 0. The first kappa shape index (κ1) is 14.2. The van der Waals surface area contributed by atoms with Gasteiger partial charge in [0.05, 0.1) is 5.92 Å². The van der Waals surface area contributed by atoms with E-state index in [0.29, 0.717) is 6.54 Å². The van der Waals surface area contributed by atoms with E-state index in [-0.39, 0.29) is 23.8 Å². The van der Waals surface area contributed by atoms with Gasteiger partial charge < -0.3 is 11.1 Å². The van der Waals surface area contributed by atoms with Gasteiger partial charge in [-0.2, -0.15) is 11.3 Å². The fraction of sp³-hybridized carbons (Fsp3) is 0.615. The molecule has 1 aromatic heterocycles. The highest BCUT2D eigenvalue weighted by atomic mass is 32.1. The lowest BCUT2D eigenvalue weighted by molar-refractivity contribution is -0.126. The zero-order valence-corrected chi connectivity index (χ0v) is 11.6. The highest BCUT2D eigenvalue weighted by Gasteiger charge is 2.21. The normalized spacial score (nSPS) is 14.6. The van der Waals surface area contributed by atoms with Crippen LogP contribution in [0.2, 0.25) is 0 Å². The van der Waals surface area contributed by atoms with Crippen molar-refractivity contribution in [3.8, 4) is 0 Å². The molecule has 0 bridgehead atoms. The second-order valence-corrected chi connectivity index (χ2v) is 5.61. The van der Waals surface area contributed by atoms with Gasteiger partial charge in [-0.1, -0.05) is 13.8 Å². The standard InChI is InChI=1S/C13H22N2OS/c1-9(2)12(7-14)13(16)15-10(3)6-11-4-5-17-8-11/h4-5,8-10,12H,6-7,14H2,1-3H3,(H,15,16). The molecule has 3 nitrogen and oxygen atoms in total. The molecule has 0 saturated heterocycles. The summed E-state index contributed by atoms with van der Waals surface area (Å²) in [5, 5.41) is 7.21. The number of carbonyl (C=O) groups is 1. The summed E-state index contributed by atoms with van der Waals surface area (Å²) in [4.78, 5) is 12.0. The molecule has 1 heterocycles. The van der Waals surface area contributed by atoms with Crippen molar-refractivity contribution in [1.29, 1.82) is 0 Å². The van der Waals surface area contributed by atoms with E-state index in [9.17, 15) is 4.79 Å². The first-order chi connectivity index (χ1) is 8.04. The molecule has 0 aliphatic carbocycles. The predicted octanol–water partition coefficient (Wildman–Crippen LogP) is 2.03. The lowest BCUT2D eigenvalue weighted by atomic mass is 9.94. The third-order valence-electron chi connectivity index (χ3n) is 2.91. The second-order valence-electron chi connectivity index (χ2n) is 4.83. The summed E-state index contributed by atoms with van der Waals surface area (Å²) in [5.41, 5.74) is 6.90. The van der Waals surface area contributed by atoms with Gasteiger partial charge in [-0.15, -0.1) is 0 Å². The van der Waals surface area contributed by atoms with E-state index in [0.717, 1.165) is 6.42 Å². The average Bonchev–Trinajstić information content (AvgIpc) is 2.70. The van der Waals surface area contributed by atoms with Crippen LogP contribution < -0.4 is 11.1 Å². The fourth-order valence-electron chi connectivity index (χ4n) is 1.85. The van der Waals surface area contributed by atoms with Gasteiger partial charge in [-0.05, 0) is 41.7 Å². The van der Waals surface area contributed by atoms with Crippen LogP contribution in [0.5, 0.6) is 0 Å². The molecule has 0 aliphatic heterocycles. The third-order valence-corrected chi connectivity index (χ3v) is 3.64. The Kier molecular flexibility index (Phi) is 5.65. The molecule has 17 heavy (non-hydrogen) atoms. The quantitative estimate of drug-likeness (QED) is 0.816. The largest absolute Gasteiger partial charge is 0.353 e. The second kappa shape index (κ2) is 6.77.